The number of ether oxygens (including phenoxy) is 1. The molecule has 10 heteroatoms. The Balaban J connectivity index is 1.64. The number of aryl methyl sites for hydroxylation is 1. The van der Waals surface area contributed by atoms with Crippen molar-refractivity contribution < 1.29 is 22.7 Å². The van der Waals surface area contributed by atoms with E-state index in [4.69, 9.17) is 0 Å². The molecule has 3 rings (SSSR count). The van der Waals surface area contributed by atoms with Gasteiger partial charge >= 0.3 is 12.0 Å². The van der Waals surface area contributed by atoms with Gasteiger partial charge in [-0.2, -0.15) is 8.42 Å². The fourth-order valence-corrected chi connectivity index (χ4v) is 5.27. The van der Waals surface area contributed by atoms with Crippen molar-refractivity contribution in [2.75, 3.05) is 20.2 Å². The highest BCUT2D eigenvalue weighted by Gasteiger charge is 2.35. The number of urea groups is 1. The first-order valence-electron chi connectivity index (χ1n) is 10.2. The van der Waals surface area contributed by atoms with Gasteiger partial charge in [0.15, 0.2) is 0 Å². The predicted molar refractivity (Wildman–Crippen MR) is 118 cm³/mol. The van der Waals surface area contributed by atoms with Gasteiger partial charge in [-0.05, 0) is 39.2 Å². The number of nitrogens with zero attached hydrogens (tertiary/aromatic N) is 2. The molecule has 1 atom stereocenters. The number of amides is 2. The van der Waals surface area contributed by atoms with E-state index < -0.39 is 28.1 Å². The molecule has 0 saturated carbocycles. The summed E-state index contributed by atoms with van der Waals surface area (Å²) < 4.78 is 34.1. The summed E-state index contributed by atoms with van der Waals surface area (Å²) in [4.78, 5) is 25.7. The Morgan fingerprint density at radius 3 is 2.35 bits per heavy atom. The molecule has 31 heavy (non-hydrogen) atoms. The van der Waals surface area contributed by atoms with Crippen LogP contribution in [0.5, 0.6) is 0 Å². The van der Waals surface area contributed by atoms with Crippen LogP contribution in [-0.4, -0.2) is 63.4 Å². The van der Waals surface area contributed by atoms with E-state index in [0.29, 0.717) is 42.9 Å². The van der Waals surface area contributed by atoms with E-state index in [1.807, 2.05) is 24.0 Å². The first kappa shape index (κ1) is 22.8. The van der Waals surface area contributed by atoms with E-state index in [2.05, 4.69) is 19.8 Å². The van der Waals surface area contributed by atoms with Crippen LogP contribution in [0.1, 0.15) is 37.8 Å². The van der Waals surface area contributed by atoms with Gasteiger partial charge in [0.25, 0.3) is 10.0 Å². The summed E-state index contributed by atoms with van der Waals surface area (Å²) in [6.07, 6.45) is 1.26. The Kier molecular flexibility index (Phi) is 6.68. The van der Waals surface area contributed by atoms with E-state index >= 15 is 0 Å². The second-order valence-electron chi connectivity index (χ2n) is 7.83. The number of hydrogen-bond acceptors (Lipinski definition) is 6. The molecule has 1 aromatic carbocycles. The first-order chi connectivity index (χ1) is 14.6. The number of hydrogen-bond donors (Lipinski definition) is 2. The maximum atomic E-state index is 12.7. The van der Waals surface area contributed by atoms with E-state index in [1.165, 1.54) is 7.11 Å². The van der Waals surface area contributed by atoms with Crippen molar-refractivity contribution in [1.29, 1.82) is 0 Å². The Morgan fingerprint density at radius 1 is 1.16 bits per heavy atom. The summed E-state index contributed by atoms with van der Waals surface area (Å²) in [5, 5.41) is 5.39. The molecule has 0 spiro atoms. The topological polar surface area (TPSA) is 117 Å². The molecule has 0 aromatic heterocycles. The van der Waals surface area contributed by atoms with Crippen molar-refractivity contribution in [3.05, 3.63) is 41.0 Å². The fraction of sp³-hybridized carbons (Fsp3) is 0.476. The fourth-order valence-electron chi connectivity index (χ4n) is 3.78. The van der Waals surface area contributed by atoms with Crippen molar-refractivity contribution in [3.8, 4) is 0 Å². The number of piperidine rings is 1. The van der Waals surface area contributed by atoms with E-state index in [0.717, 1.165) is 5.56 Å². The van der Waals surface area contributed by atoms with Crippen LogP contribution in [0.3, 0.4) is 0 Å². The number of carbonyl (C=O) groups excluding carboxylic acids is 2. The Bertz CT molecular complexity index is 1020. The van der Waals surface area contributed by atoms with Crippen LogP contribution in [0.2, 0.25) is 0 Å². The Labute approximate surface area is 182 Å². The molecule has 2 aliphatic rings. The highest BCUT2D eigenvalue weighted by molar-refractivity contribution is 8.00. The number of likely N-dealkylation sites (tertiary alicyclic amines) is 1. The third-order valence-electron chi connectivity index (χ3n) is 5.49. The molecule has 0 unspecified atom stereocenters. The lowest BCUT2D eigenvalue weighted by Gasteiger charge is -2.34. The average Bonchev–Trinajstić information content (AvgIpc) is 2.97. The van der Waals surface area contributed by atoms with Crippen LogP contribution in [-0.2, 0) is 19.6 Å². The second kappa shape index (κ2) is 9.09. The van der Waals surface area contributed by atoms with Gasteiger partial charge in [0.05, 0.1) is 7.11 Å². The molecule has 168 valence electrons. The zero-order valence-corrected chi connectivity index (χ0v) is 19.0. The minimum absolute atomic E-state index is 0.0828. The molecule has 9 nitrogen and oxygen atoms in total. The Hall–Kier alpha value is -2.88. The molecular formula is C21H28N4O5S. The lowest BCUT2D eigenvalue weighted by molar-refractivity contribution is -0.142. The molecule has 2 amide bonds. The first-order valence-corrected chi connectivity index (χ1v) is 11.6. The van der Waals surface area contributed by atoms with Crippen molar-refractivity contribution in [2.45, 2.75) is 45.7 Å². The average molecular weight is 449 g/mol. The van der Waals surface area contributed by atoms with Crippen LogP contribution in [0.4, 0.5) is 4.79 Å². The molecule has 2 heterocycles. The van der Waals surface area contributed by atoms with Gasteiger partial charge in [-0.15, -0.1) is 4.40 Å². The van der Waals surface area contributed by atoms with E-state index in [1.54, 1.807) is 26.0 Å². The number of rotatable bonds is 4. The number of methoxy groups -OCH3 is 1. The van der Waals surface area contributed by atoms with Crippen LogP contribution in [0, 0.1) is 6.92 Å². The SMILES string of the molecule is COC(=O)[C@H](C)NC(=O)NC1CCN(C2=NS(=O)(=O)C(c3ccc(C)cc3)=C2C)CC1. The van der Waals surface area contributed by atoms with E-state index in [-0.39, 0.29) is 10.9 Å². The number of benzene rings is 1. The molecule has 0 radical (unpaired) electrons. The highest BCUT2D eigenvalue weighted by atomic mass is 32.2. The Morgan fingerprint density at radius 2 is 1.77 bits per heavy atom. The van der Waals surface area contributed by atoms with Crippen molar-refractivity contribution in [1.82, 2.24) is 15.5 Å². The molecule has 0 bridgehead atoms. The van der Waals surface area contributed by atoms with Gasteiger partial charge in [0, 0.05) is 24.7 Å². The number of amidine groups is 1. The van der Waals surface area contributed by atoms with Crippen molar-refractivity contribution in [3.63, 3.8) is 0 Å². The van der Waals surface area contributed by atoms with Gasteiger partial charge in [-0.25, -0.2) is 9.59 Å². The third-order valence-corrected chi connectivity index (χ3v) is 6.96. The molecule has 0 aliphatic carbocycles. The van der Waals surface area contributed by atoms with Gasteiger partial charge in [-0.3, -0.25) is 0 Å². The molecule has 2 N–H and O–H groups in total. The molecule has 2 aliphatic heterocycles. The maximum Gasteiger partial charge on any atom is 0.328 e. The van der Waals surface area contributed by atoms with Gasteiger partial charge in [0.2, 0.25) is 0 Å². The number of esters is 1. The summed E-state index contributed by atoms with van der Waals surface area (Å²) in [6, 6.07) is 6.10. The summed E-state index contributed by atoms with van der Waals surface area (Å²) in [6.45, 7) is 6.40. The largest absolute Gasteiger partial charge is 0.467 e. The van der Waals surface area contributed by atoms with Gasteiger partial charge < -0.3 is 20.3 Å². The third kappa shape index (κ3) is 5.07. The minimum Gasteiger partial charge on any atom is -0.467 e. The lowest BCUT2D eigenvalue weighted by Crippen LogP contribution is -2.51. The van der Waals surface area contributed by atoms with Crippen LogP contribution >= 0.6 is 0 Å². The lowest BCUT2D eigenvalue weighted by atomic mass is 10.0. The number of nitrogens with one attached hydrogen (secondary N) is 2. The standard InChI is InChI=1S/C21H28N4O5S/c1-13-5-7-16(8-6-13)18-14(2)19(24-31(18,28)29)25-11-9-17(10-12-25)23-21(27)22-15(3)20(26)30-4/h5-8,15,17H,9-12H2,1-4H3,(H2,22,23,27)/t15-/m0/s1. The predicted octanol–water partition coefficient (Wildman–Crippen LogP) is 1.79. The molecular weight excluding hydrogens is 420 g/mol. The van der Waals surface area contributed by atoms with Crippen LogP contribution in [0.15, 0.2) is 34.2 Å². The molecule has 1 saturated heterocycles. The smallest absolute Gasteiger partial charge is 0.328 e. The minimum atomic E-state index is -3.76. The maximum absolute atomic E-state index is 12.7. The summed E-state index contributed by atoms with van der Waals surface area (Å²) in [5.74, 6) is -0.0464. The van der Waals surface area contributed by atoms with Crippen molar-refractivity contribution in [2.24, 2.45) is 4.40 Å². The summed E-state index contributed by atoms with van der Waals surface area (Å²) in [5.41, 5.74) is 2.33. The number of sulfonamides is 1. The molecule has 1 aromatic rings. The normalized spacial score (nSPS) is 19.6. The van der Waals surface area contributed by atoms with E-state index in [9.17, 15) is 18.0 Å². The van der Waals surface area contributed by atoms with Gasteiger partial charge in [0.1, 0.15) is 16.8 Å². The quantitative estimate of drug-likeness (QED) is 0.679. The zero-order chi connectivity index (χ0) is 22.8. The van der Waals surface area contributed by atoms with Crippen LogP contribution in [0.25, 0.3) is 4.91 Å². The second-order valence-corrected chi connectivity index (χ2v) is 9.38. The van der Waals surface area contributed by atoms with Gasteiger partial charge in [-0.1, -0.05) is 29.8 Å². The highest BCUT2D eigenvalue weighted by Crippen LogP contribution is 2.34. The monoisotopic (exact) mass is 448 g/mol. The van der Waals surface area contributed by atoms with Crippen LogP contribution < -0.4 is 10.6 Å². The van der Waals surface area contributed by atoms with Crippen molar-refractivity contribution >= 4 is 32.8 Å². The number of carbonyl (C=O) groups is 2. The molecule has 1 fully saturated rings. The summed E-state index contributed by atoms with van der Waals surface area (Å²) in [7, 11) is -2.49. The summed E-state index contributed by atoms with van der Waals surface area (Å²) >= 11 is 0. The zero-order valence-electron chi connectivity index (χ0n) is 18.1.